The number of carbonyl (C=O) groups excluding carboxylic acids is 2. The maximum absolute atomic E-state index is 12.8. The molecule has 162 valence electrons. The average molecular weight is 425 g/mol. The molecule has 0 aliphatic carbocycles. The molecule has 31 heavy (non-hydrogen) atoms. The summed E-state index contributed by atoms with van der Waals surface area (Å²) in [5.41, 5.74) is 0.713. The van der Waals surface area contributed by atoms with Crippen LogP contribution in [0.3, 0.4) is 0 Å². The van der Waals surface area contributed by atoms with E-state index in [9.17, 15) is 14.4 Å². The van der Waals surface area contributed by atoms with Gasteiger partial charge in [0, 0.05) is 12.3 Å². The van der Waals surface area contributed by atoms with Crippen LogP contribution in [0.25, 0.3) is 10.9 Å². The number of carbonyl (C=O) groups is 2. The number of hydrogen-bond acceptors (Lipinski definition) is 7. The number of nitrogens with one attached hydrogen (secondary N) is 2. The second kappa shape index (κ2) is 9.70. The molecular weight excluding hydrogens is 402 g/mol. The van der Waals surface area contributed by atoms with Crippen molar-refractivity contribution in [3.63, 3.8) is 0 Å². The Labute approximate surface area is 178 Å². The first-order valence-electron chi connectivity index (χ1n) is 9.51. The van der Waals surface area contributed by atoms with Gasteiger partial charge in [-0.25, -0.2) is 4.98 Å². The minimum Gasteiger partial charge on any atom is -0.493 e. The number of methoxy groups -OCH3 is 2. The predicted octanol–water partition coefficient (Wildman–Crippen LogP) is 0.630. The van der Waals surface area contributed by atoms with Gasteiger partial charge in [-0.05, 0) is 25.1 Å². The van der Waals surface area contributed by atoms with Gasteiger partial charge in [0.25, 0.3) is 5.56 Å². The van der Waals surface area contributed by atoms with Gasteiger partial charge in [0.15, 0.2) is 11.5 Å². The molecule has 10 nitrogen and oxygen atoms in total. The van der Waals surface area contributed by atoms with Crippen molar-refractivity contribution in [1.29, 1.82) is 0 Å². The fraction of sp³-hybridized carbons (Fsp3) is 0.286. The van der Waals surface area contributed by atoms with Crippen LogP contribution in [0.5, 0.6) is 11.5 Å². The highest BCUT2D eigenvalue weighted by molar-refractivity contribution is 5.87. The topological polar surface area (TPSA) is 124 Å². The summed E-state index contributed by atoms with van der Waals surface area (Å²) in [5.74, 6) is -0.0266. The summed E-state index contributed by atoms with van der Waals surface area (Å²) in [5, 5.41) is 5.57. The summed E-state index contributed by atoms with van der Waals surface area (Å²) >= 11 is 0. The van der Waals surface area contributed by atoms with Crippen LogP contribution in [0.2, 0.25) is 0 Å². The zero-order valence-corrected chi connectivity index (χ0v) is 17.4. The number of benzene rings is 1. The van der Waals surface area contributed by atoms with E-state index in [-0.39, 0.29) is 24.4 Å². The molecule has 2 amide bonds. The molecule has 1 aromatic carbocycles. The van der Waals surface area contributed by atoms with Gasteiger partial charge in [-0.1, -0.05) is 6.07 Å². The van der Waals surface area contributed by atoms with Crippen LogP contribution in [-0.4, -0.2) is 46.6 Å². The minimum absolute atomic E-state index is 0.249. The van der Waals surface area contributed by atoms with Gasteiger partial charge in [-0.3, -0.25) is 23.9 Å². The molecule has 10 heteroatoms. The molecule has 0 spiro atoms. The zero-order valence-electron chi connectivity index (χ0n) is 17.4. The third kappa shape index (κ3) is 5.16. The van der Waals surface area contributed by atoms with E-state index >= 15 is 0 Å². The largest absolute Gasteiger partial charge is 0.493 e. The average Bonchev–Trinajstić information content (AvgIpc) is 2.79. The third-order valence-electron chi connectivity index (χ3n) is 4.58. The van der Waals surface area contributed by atoms with Crippen molar-refractivity contribution in [3.8, 4) is 11.5 Å². The molecule has 0 radical (unpaired) electrons. The molecule has 1 atom stereocenters. The Balaban J connectivity index is 1.66. The summed E-state index contributed by atoms with van der Waals surface area (Å²) in [4.78, 5) is 45.7. The van der Waals surface area contributed by atoms with E-state index in [1.54, 1.807) is 31.3 Å². The van der Waals surface area contributed by atoms with Crippen LogP contribution >= 0.6 is 0 Å². The first kappa shape index (κ1) is 21.8. The molecule has 2 aromatic heterocycles. The van der Waals surface area contributed by atoms with E-state index in [0.717, 1.165) is 0 Å². The molecule has 0 aliphatic rings. The zero-order chi connectivity index (χ0) is 22.4. The number of pyridine rings is 1. The smallest absolute Gasteiger partial charge is 0.261 e. The van der Waals surface area contributed by atoms with Crippen molar-refractivity contribution in [3.05, 3.63) is 58.9 Å². The summed E-state index contributed by atoms with van der Waals surface area (Å²) < 4.78 is 11.6. The lowest BCUT2D eigenvalue weighted by Crippen LogP contribution is -2.46. The Morgan fingerprint density at radius 1 is 1.13 bits per heavy atom. The number of ether oxygens (including phenoxy) is 2. The van der Waals surface area contributed by atoms with Crippen molar-refractivity contribution in [2.24, 2.45) is 0 Å². The Morgan fingerprint density at radius 2 is 1.87 bits per heavy atom. The van der Waals surface area contributed by atoms with Crippen LogP contribution < -0.4 is 25.7 Å². The number of hydrogen-bond donors (Lipinski definition) is 2. The summed E-state index contributed by atoms with van der Waals surface area (Å²) in [6, 6.07) is 7.71. The molecule has 0 fully saturated rings. The molecule has 0 aliphatic heterocycles. The summed E-state index contributed by atoms with van der Waals surface area (Å²) in [6.07, 6.45) is 2.91. The third-order valence-corrected chi connectivity index (χ3v) is 4.58. The van der Waals surface area contributed by atoms with E-state index in [1.165, 1.54) is 31.2 Å². The first-order valence-corrected chi connectivity index (χ1v) is 9.51. The number of amides is 2. The van der Waals surface area contributed by atoms with E-state index in [2.05, 4.69) is 20.6 Å². The molecule has 2 N–H and O–H groups in total. The molecule has 3 aromatic rings. The van der Waals surface area contributed by atoms with Crippen molar-refractivity contribution >= 4 is 22.7 Å². The highest BCUT2D eigenvalue weighted by Gasteiger charge is 2.17. The van der Waals surface area contributed by atoms with E-state index < -0.39 is 17.5 Å². The molecule has 0 bridgehead atoms. The lowest BCUT2D eigenvalue weighted by atomic mass is 10.2. The van der Waals surface area contributed by atoms with Gasteiger partial charge in [0.1, 0.15) is 12.6 Å². The quantitative estimate of drug-likeness (QED) is 0.542. The normalized spacial score (nSPS) is 11.6. The van der Waals surface area contributed by atoms with Crippen LogP contribution in [-0.2, 0) is 22.7 Å². The SMILES string of the molecule is COc1cc2ncn(CC(=O)N[C@H](C)C(=O)NCc3ccccn3)c(=O)c2cc1OC. The Kier molecular flexibility index (Phi) is 6.81. The van der Waals surface area contributed by atoms with Gasteiger partial charge in [-0.15, -0.1) is 0 Å². The number of aromatic nitrogens is 3. The Bertz CT molecular complexity index is 1150. The van der Waals surface area contributed by atoms with Crippen molar-refractivity contribution in [2.45, 2.75) is 26.1 Å². The van der Waals surface area contributed by atoms with Crippen LogP contribution in [0, 0.1) is 0 Å². The molecule has 0 saturated carbocycles. The van der Waals surface area contributed by atoms with Crippen LogP contribution in [0.15, 0.2) is 47.7 Å². The Morgan fingerprint density at radius 3 is 2.55 bits per heavy atom. The summed E-state index contributed by atoms with van der Waals surface area (Å²) in [7, 11) is 2.95. The van der Waals surface area contributed by atoms with E-state index in [0.29, 0.717) is 22.7 Å². The summed E-state index contributed by atoms with van der Waals surface area (Å²) in [6.45, 7) is 1.53. The highest BCUT2D eigenvalue weighted by Crippen LogP contribution is 2.29. The van der Waals surface area contributed by atoms with Gasteiger partial charge in [0.2, 0.25) is 11.8 Å². The minimum atomic E-state index is -0.787. The fourth-order valence-corrected chi connectivity index (χ4v) is 2.94. The predicted molar refractivity (Wildman–Crippen MR) is 113 cm³/mol. The molecular formula is C21H23N5O5. The second-order valence-electron chi connectivity index (χ2n) is 6.73. The van der Waals surface area contributed by atoms with Crippen LogP contribution in [0.4, 0.5) is 0 Å². The lowest BCUT2D eigenvalue weighted by molar-refractivity contribution is -0.129. The van der Waals surface area contributed by atoms with Gasteiger partial charge < -0.3 is 20.1 Å². The number of nitrogens with zero attached hydrogens (tertiary/aromatic N) is 3. The standard InChI is InChI=1S/C21H23N5O5/c1-13(20(28)23-10-14-6-4-5-7-22-14)25-19(27)11-26-12-24-16-9-18(31-3)17(30-2)8-15(16)21(26)29/h4-9,12-13H,10-11H2,1-3H3,(H,23,28)(H,25,27)/t13-/m1/s1. The highest BCUT2D eigenvalue weighted by atomic mass is 16.5. The molecule has 0 saturated heterocycles. The monoisotopic (exact) mass is 425 g/mol. The van der Waals surface area contributed by atoms with Crippen molar-refractivity contribution in [2.75, 3.05) is 14.2 Å². The fourth-order valence-electron chi connectivity index (χ4n) is 2.94. The number of rotatable bonds is 8. The van der Waals surface area contributed by atoms with Crippen molar-refractivity contribution in [1.82, 2.24) is 25.2 Å². The molecule has 3 rings (SSSR count). The van der Waals surface area contributed by atoms with E-state index in [4.69, 9.17) is 9.47 Å². The maximum atomic E-state index is 12.8. The molecule has 0 unspecified atom stereocenters. The van der Waals surface area contributed by atoms with Crippen LogP contribution in [0.1, 0.15) is 12.6 Å². The first-order chi connectivity index (χ1) is 14.9. The van der Waals surface area contributed by atoms with E-state index in [1.807, 2.05) is 6.07 Å². The lowest BCUT2D eigenvalue weighted by Gasteiger charge is -2.15. The van der Waals surface area contributed by atoms with Gasteiger partial charge >= 0.3 is 0 Å². The molecule has 2 heterocycles. The van der Waals surface area contributed by atoms with Gasteiger partial charge in [-0.2, -0.15) is 0 Å². The van der Waals surface area contributed by atoms with Crippen molar-refractivity contribution < 1.29 is 19.1 Å². The second-order valence-corrected chi connectivity index (χ2v) is 6.73. The Hall–Kier alpha value is -3.95. The van der Waals surface area contributed by atoms with Gasteiger partial charge in [0.05, 0.1) is 43.7 Å². The number of fused-ring (bicyclic) bond motifs is 1. The maximum Gasteiger partial charge on any atom is 0.261 e.